The lowest BCUT2D eigenvalue weighted by atomic mass is 9.82. The largest absolute Gasteiger partial charge is 0.463 e. The summed E-state index contributed by atoms with van der Waals surface area (Å²) in [7, 11) is 0. The molecule has 1 heterocycles. The van der Waals surface area contributed by atoms with Crippen molar-refractivity contribution in [2.45, 2.75) is 32.6 Å². The van der Waals surface area contributed by atoms with Crippen molar-refractivity contribution < 1.29 is 19.2 Å². The van der Waals surface area contributed by atoms with Gasteiger partial charge >= 0.3 is 5.97 Å². The summed E-state index contributed by atoms with van der Waals surface area (Å²) in [6, 6.07) is 7.72. The fourth-order valence-electron chi connectivity index (χ4n) is 2.81. The normalized spacial score (nSPS) is 16.7. The molecule has 0 spiro atoms. The van der Waals surface area contributed by atoms with E-state index in [-0.39, 0.29) is 29.3 Å². The zero-order chi connectivity index (χ0) is 19.3. The first kappa shape index (κ1) is 19.0. The molecule has 0 amide bonds. The molecular formula is C18H19N3O5. The van der Waals surface area contributed by atoms with Gasteiger partial charge in [0.2, 0.25) is 5.88 Å². The average molecular weight is 357 g/mol. The van der Waals surface area contributed by atoms with Crippen LogP contribution < -0.4 is 5.73 Å². The number of nitrogens with zero attached hydrogens (tertiary/aromatic N) is 2. The monoisotopic (exact) mass is 357 g/mol. The number of carbonyl (C=O) groups excluding carboxylic acids is 1. The number of nitro groups is 1. The molecule has 0 aromatic heterocycles. The van der Waals surface area contributed by atoms with Gasteiger partial charge in [0, 0.05) is 18.6 Å². The minimum absolute atomic E-state index is 0.0217. The van der Waals surface area contributed by atoms with Gasteiger partial charge < -0.3 is 15.2 Å². The third kappa shape index (κ3) is 3.67. The van der Waals surface area contributed by atoms with Crippen LogP contribution in [0, 0.1) is 21.4 Å². The molecule has 0 radical (unpaired) electrons. The first-order valence-electron chi connectivity index (χ1n) is 8.16. The minimum atomic E-state index is -0.880. The third-order valence-electron chi connectivity index (χ3n) is 3.88. The van der Waals surface area contributed by atoms with Crippen LogP contribution in [0.2, 0.25) is 0 Å². The van der Waals surface area contributed by atoms with Crippen LogP contribution in [0.3, 0.4) is 0 Å². The fraction of sp³-hybridized carbons (Fsp3) is 0.333. The summed E-state index contributed by atoms with van der Waals surface area (Å²) in [4.78, 5) is 23.2. The van der Waals surface area contributed by atoms with Gasteiger partial charge in [0.15, 0.2) is 0 Å². The van der Waals surface area contributed by atoms with Gasteiger partial charge in [-0.25, -0.2) is 4.79 Å². The Labute approximate surface area is 150 Å². The average Bonchev–Trinajstić information content (AvgIpc) is 2.61. The number of nitriles is 1. The summed E-state index contributed by atoms with van der Waals surface area (Å²) in [6.45, 7) is 3.71. The van der Waals surface area contributed by atoms with E-state index < -0.39 is 16.8 Å². The molecule has 0 saturated carbocycles. The minimum Gasteiger partial charge on any atom is -0.463 e. The van der Waals surface area contributed by atoms with Crippen molar-refractivity contribution in [1.29, 1.82) is 5.26 Å². The first-order chi connectivity index (χ1) is 12.4. The standard InChI is InChI=1S/C18H19N3O5/c1-3-6-14-16(18(22)25-4-2)15(13(10-19)17(20)26-14)11-7-5-8-12(9-11)21(23)24/h5,7-9,15H,3-4,6,20H2,1-2H3/t15-/m1/s1. The molecule has 2 rings (SSSR count). The number of ether oxygens (including phenoxy) is 2. The molecule has 8 nitrogen and oxygen atoms in total. The molecule has 1 aliphatic rings. The first-order valence-corrected chi connectivity index (χ1v) is 8.16. The van der Waals surface area contributed by atoms with Crippen LogP contribution in [0.5, 0.6) is 0 Å². The van der Waals surface area contributed by atoms with Crippen LogP contribution in [0.15, 0.2) is 47.1 Å². The Hall–Kier alpha value is -3.34. The van der Waals surface area contributed by atoms with E-state index in [9.17, 15) is 20.2 Å². The predicted molar refractivity (Wildman–Crippen MR) is 92.3 cm³/mol. The van der Waals surface area contributed by atoms with Crippen molar-refractivity contribution in [3.05, 3.63) is 62.7 Å². The van der Waals surface area contributed by atoms with Crippen LogP contribution in [0.4, 0.5) is 5.69 Å². The second-order valence-corrected chi connectivity index (χ2v) is 5.58. The molecule has 0 unspecified atom stereocenters. The van der Waals surface area contributed by atoms with Crippen molar-refractivity contribution in [3.63, 3.8) is 0 Å². The quantitative estimate of drug-likeness (QED) is 0.470. The van der Waals surface area contributed by atoms with Crippen molar-refractivity contribution in [2.24, 2.45) is 5.73 Å². The molecule has 0 fully saturated rings. The summed E-state index contributed by atoms with van der Waals surface area (Å²) in [5, 5.41) is 20.7. The summed E-state index contributed by atoms with van der Waals surface area (Å²) < 4.78 is 10.7. The maximum atomic E-state index is 12.6. The van der Waals surface area contributed by atoms with Crippen molar-refractivity contribution in [1.82, 2.24) is 0 Å². The second kappa shape index (κ2) is 8.16. The zero-order valence-electron chi connectivity index (χ0n) is 14.5. The molecule has 1 aliphatic heterocycles. The van der Waals surface area contributed by atoms with Gasteiger partial charge in [-0.05, 0) is 18.9 Å². The van der Waals surface area contributed by atoms with Crippen LogP contribution >= 0.6 is 0 Å². The second-order valence-electron chi connectivity index (χ2n) is 5.58. The number of nitrogens with two attached hydrogens (primary N) is 1. The van der Waals surface area contributed by atoms with Gasteiger partial charge in [-0.3, -0.25) is 10.1 Å². The van der Waals surface area contributed by atoms with Crippen LogP contribution in [-0.2, 0) is 14.3 Å². The topological polar surface area (TPSA) is 128 Å². The van der Waals surface area contributed by atoms with Gasteiger partial charge in [0.05, 0.1) is 23.0 Å². The number of hydrogen-bond donors (Lipinski definition) is 1. The lowest BCUT2D eigenvalue weighted by Gasteiger charge is -2.28. The van der Waals surface area contributed by atoms with E-state index in [4.69, 9.17) is 15.2 Å². The Morgan fingerprint density at radius 2 is 2.19 bits per heavy atom. The molecule has 0 aliphatic carbocycles. The van der Waals surface area contributed by atoms with Crippen molar-refractivity contribution in [2.75, 3.05) is 6.61 Å². The Kier molecular flexibility index (Phi) is 5.96. The lowest BCUT2D eigenvalue weighted by molar-refractivity contribution is -0.384. The molecular weight excluding hydrogens is 338 g/mol. The summed E-state index contributed by atoms with van der Waals surface area (Å²) in [5.41, 5.74) is 6.31. The fourth-order valence-corrected chi connectivity index (χ4v) is 2.81. The van der Waals surface area contributed by atoms with Crippen molar-refractivity contribution in [3.8, 4) is 6.07 Å². The molecule has 8 heteroatoms. The van der Waals surface area contributed by atoms with E-state index in [0.717, 1.165) is 0 Å². The van der Waals surface area contributed by atoms with Gasteiger partial charge in [0.25, 0.3) is 5.69 Å². The molecule has 1 atom stereocenters. The molecule has 26 heavy (non-hydrogen) atoms. The summed E-state index contributed by atoms with van der Waals surface area (Å²) in [6.07, 6.45) is 1.09. The smallest absolute Gasteiger partial charge is 0.338 e. The Bertz CT molecular complexity index is 835. The number of carbonyl (C=O) groups is 1. The number of allylic oxidation sites excluding steroid dienone is 2. The van der Waals surface area contributed by atoms with Gasteiger partial charge in [-0.2, -0.15) is 5.26 Å². The molecule has 1 aromatic rings. The third-order valence-corrected chi connectivity index (χ3v) is 3.88. The highest BCUT2D eigenvalue weighted by atomic mass is 16.6. The Morgan fingerprint density at radius 1 is 1.46 bits per heavy atom. The predicted octanol–water partition coefficient (Wildman–Crippen LogP) is 3.02. The van der Waals surface area contributed by atoms with Crippen LogP contribution in [-0.4, -0.2) is 17.5 Å². The Morgan fingerprint density at radius 3 is 2.77 bits per heavy atom. The van der Waals surface area contributed by atoms with Crippen LogP contribution in [0.1, 0.15) is 38.2 Å². The van der Waals surface area contributed by atoms with Crippen molar-refractivity contribution >= 4 is 11.7 Å². The maximum Gasteiger partial charge on any atom is 0.338 e. The number of nitro benzene ring substituents is 1. The van der Waals surface area contributed by atoms with Gasteiger partial charge in [-0.1, -0.05) is 19.1 Å². The number of non-ortho nitro benzene ring substituents is 1. The SMILES string of the molecule is CCCC1=C(C(=O)OCC)[C@H](c2cccc([N+](=O)[O-])c2)C(C#N)=C(N)O1. The molecule has 0 bridgehead atoms. The van der Waals surface area contributed by atoms with E-state index in [1.165, 1.54) is 18.2 Å². The van der Waals surface area contributed by atoms with E-state index in [2.05, 4.69) is 0 Å². The van der Waals surface area contributed by atoms with Gasteiger partial charge in [0.1, 0.15) is 17.4 Å². The Balaban J connectivity index is 2.69. The number of benzene rings is 1. The maximum absolute atomic E-state index is 12.6. The summed E-state index contributed by atoms with van der Waals surface area (Å²) in [5.74, 6) is -1.30. The van der Waals surface area contributed by atoms with Gasteiger partial charge in [-0.15, -0.1) is 0 Å². The zero-order valence-corrected chi connectivity index (χ0v) is 14.5. The summed E-state index contributed by atoms with van der Waals surface area (Å²) >= 11 is 0. The highest BCUT2D eigenvalue weighted by Crippen LogP contribution is 2.41. The highest BCUT2D eigenvalue weighted by Gasteiger charge is 2.37. The number of hydrogen-bond acceptors (Lipinski definition) is 7. The van der Waals surface area contributed by atoms with Crippen LogP contribution in [0.25, 0.3) is 0 Å². The highest BCUT2D eigenvalue weighted by molar-refractivity contribution is 5.92. The molecule has 1 aromatic carbocycles. The van der Waals surface area contributed by atoms with E-state index in [1.807, 2.05) is 13.0 Å². The number of rotatable bonds is 6. The number of esters is 1. The molecule has 136 valence electrons. The van der Waals surface area contributed by atoms with E-state index in [0.29, 0.717) is 24.2 Å². The molecule has 2 N–H and O–H groups in total. The van der Waals surface area contributed by atoms with E-state index in [1.54, 1.807) is 13.0 Å². The lowest BCUT2D eigenvalue weighted by Crippen LogP contribution is -2.26. The molecule has 0 saturated heterocycles. The van der Waals surface area contributed by atoms with E-state index >= 15 is 0 Å².